The molecule has 0 aliphatic carbocycles. The van der Waals surface area contributed by atoms with Crippen LogP contribution in [0.3, 0.4) is 0 Å². The number of alkyl halides is 2. The average Bonchev–Trinajstić information content (AvgIpc) is 2.99. The van der Waals surface area contributed by atoms with Crippen LogP contribution in [0.25, 0.3) is 0 Å². The van der Waals surface area contributed by atoms with E-state index in [-0.39, 0.29) is 55.5 Å². The molecule has 10 heteroatoms. The smallest absolute Gasteiger partial charge is 0.320 e. The molecule has 0 saturated carbocycles. The highest BCUT2D eigenvalue weighted by Crippen LogP contribution is 2.33. The van der Waals surface area contributed by atoms with Gasteiger partial charge < -0.3 is 20.7 Å². The summed E-state index contributed by atoms with van der Waals surface area (Å²) < 4.78 is 36.2. The van der Waals surface area contributed by atoms with Crippen molar-refractivity contribution in [2.75, 3.05) is 19.6 Å². The van der Waals surface area contributed by atoms with Crippen LogP contribution in [0.2, 0.25) is 0 Å². The maximum atomic E-state index is 15.2. The number of ether oxygens (including phenoxy) is 1. The van der Waals surface area contributed by atoms with Crippen LogP contribution in [-0.4, -0.2) is 91.6 Å². The Hall–Kier alpha value is -1.07. The van der Waals surface area contributed by atoms with E-state index in [1.807, 2.05) is 6.92 Å². The molecule has 10 atom stereocenters. The first-order valence-corrected chi connectivity index (χ1v) is 10.5. The van der Waals surface area contributed by atoms with E-state index < -0.39 is 24.6 Å². The van der Waals surface area contributed by atoms with Crippen molar-refractivity contribution >= 4 is 6.03 Å². The van der Waals surface area contributed by atoms with E-state index in [1.165, 1.54) is 0 Å². The van der Waals surface area contributed by atoms with Crippen LogP contribution in [0.4, 0.5) is 13.6 Å². The molecule has 5 aliphatic rings. The fourth-order valence-electron chi connectivity index (χ4n) is 5.61. The maximum absolute atomic E-state index is 15.2. The zero-order chi connectivity index (χ0) is 19.4. The number of hydrogen-bond donors (Lipinski definition) is 5. The van der Waals surface area contributed by atoms with Crippen LogP contribution in [0.15, 0.2) is 0 Å². The highest BCUT2D eigenvalue weighted by Gasteiger charge is 2.55. The van der Waals surface area contributed by atoms with Gasteiger partial charge in [-0.15, -0.1) is 0 Å². The summed E-state index contributed by atoms with van der Waals surface area (Å²) in [7, 11) is 0. The molecular weight excluding hydrogens is 370 g/mol. The Kier molecular flexibility index (Phi) is 4.95. The van der Waals surface area contributed by atoms with E-state index in [1.54, 1.807) is 4.90 Å². The zero-order valence-corrected chi connectivity index (χ0v) is 16.0. The third-order valence-corrected chi connectivity index (χ3v) is 6.96. The minimum atomic E-state index is -1.24. The normalized spacial score (nSPS) is 51.5. The number of halogens is 2. The summed E-state index contributed by atoms with van der Waals surface area (Å²) in [6, 6.07) is -1.45. The molecule has 0 spiro atoms. The van der Waals surface area contributed by atoms with Crippen molar-refractivity contribution in [1.82, 2.24) is 31.5 Å². The number of piperidine rings is 3. The van der Waals surface area contributed by atoms with Gasteiger partial charge in [0, 0.05) is 18.6 Å². The monoisotopic (exact) mass is 400 g/mol. The highest BCUT2D eigenvalue weighted by molar-refractivity contribution is 5.78. The summed E-state index contributed by atoms with van der Waals surface area (Å²) in [6.45, 7) is 3.60. The summed E-state index contributed by atoms with van der Waals surface area (Å²) in [5.41, 5.74) is 0. The summed E-state index contributed by atoms with van der Waals surface area (Å²) in [4.78, 5) is 14.4. The van der Waals surface area contributed by atoms with Gasteiger partial charge in [-0.2, -0.15) is 0 Å². The quantitative estimate of drug-likeness (QED) is 0.365. The van der Waals surface area contributed by atoms with Gasteiger partial charge in [-0.3, -0.25) is 15.5 Å². The van der Waals surface area contributed by atoms with Crippen molar-refractivity contribution in [3.63, 3.8) is 0 Å². The fraction of sp³-hybridized carbons (Fsp3) is 0.944. The van der Waals surface area contributed by atoms with Gasteiger partial charge in [-0.05, 0) is 39.3 Å². The SMILES string of the molecule is C[C@H]1CCNC2C(F)CNC3CC(F)C(NC32)N2C(=O)NC3NCCC(O1)C32. The first-order valence-electron chi connectivity index (χ1n) is 10.5. The lowest BCUT2D eigenvalue weighted by molar-refractivity contribution is -0.0859. The lowest BCUT2D eigenvalue weighted by Gasteiger charge is -2.51. The van der Waals surface area contributed by atoms with Crippen molar-refractivity contribution in [3.05, 3.63) is 0 Å². The summed E-state index contributed by atoms with van der Waals surface area (Å²) >= 11 is 0. The first kappa shape index (κ1) is 18.9. The predicted molar refractivity (Wildman–Crippen MR) is 98.2 cm³/mol. The Morgan fingerprint density at radius 2 is 1.89 bits per heavy atom. The molecule has 9 unspecified atom stereocenters. The standard InChI is InChI=1S/C18H30F2N6O2/c1-8-2-4-21-13-10(20)7-23-11-6-9(19)17(24-14(11)13)26-15-12(28-8)3-5-22-16(15)25-18(26)27/h8-17,21-24H,2-7H2,1H3,(H,25,27)/t8-,9?,10?,11?,12?,13?,14?,15?,16?,17?/m0/s1. The van der Waals surface area contributed by atoms with E-state index in [9.17, 15) is 9.18 Å². The number of nitrogens with zero attached hydrogens (tertiary/aromatic N) is 1. The van der Waals surface area contributed by atoms with E-state index in [0.717, 1.165) is 19.4 Å². The van der Waals surface area contributed by atoms with Gasteiger partial charge in [0.05, 0.1) is 24.3 Å². The summed E-state index contributed by atoms with van der Waals surface area (Å²) in [5.74, 6) is 0. The zero-order valence-electron chi connectivity index (χ0n) is 16.0. The Balaban J connectivity index is 1.50. The van der Waals surface area contributed by atoms with Gasteiger partial charge in [-0.1, -0.05) is 0 Å². The number of amides is 2. The number of hydrogen-bond acceptors (Lipinski definition) is 6. The molecule has 2 amide bonds. The van der Waals surface area contributed by atoms with Crippen LogP contribution in [0.1, 0.15) is 26.2 Å². The number of urea groups is 1. The summed E-state index contributed by atoms with van der Waals surface area (Å²) in [6.07, 6.45) is -1.80. The molecule has 5 heterocycles. The van der Waals surface area contributed by atoms with Crippen LogP contribution in [0, 0.1) is 0 Å². The second kappa shape index (κ2) is 7.32. The van der Waals surface area contributed by atoms with E-state index in [0.29, 0.717) is 6.54 Å². The van der Waals surface area contributed by atoms with E-state index >= 15 is 4.39 Å². The minimum absolute atomic E-state index is 0.0298. The highest BCUT2D eigenvalue weighted by atomic mass is 19.1. The van der Waals surface area contributed by atoms with Crippen molar-refractivity contribution in [3.8, 4) is 0 Å². The minimum Gasteiger partial charge on any atom is -0.373 e. The Bertz CT molecular complexity index is 615. The van der Waals surface area contributed by atoms with Gasteiger partial charge in [-0.25, -0.2) is 13.6 Å². The lowest BCUT2D eigenvalue weighted by Crippen LogP contribution is -2.76. The second-order valence-corrected chi connectivity index (χ2v) is 8.74. The third-order valence-electron chi connectivity index (χ3n) is 6.96. The summed E-state index contributed by atoms with van der Waals surface area (Å²) in [5, 5.41) is 16.0. The van der Waals surface area contributed by atoms with Crippen LogP contribution >= 0.6 is 0 Å². The van der Waals surface area contributed by atoms with Crippen molar-refractivity contribution < 1.29 is 18.3 Å². The molecule has 5 aliphatic heterocycles. The molecule has 5 N–H and O–H groups in total. The molecule has 2 bridgehead atoms. The third kappa shape index (κ3) is 3.09. The van der Waals surface area contributed by atoms with Crippen LogP contribution in [0.5, 0.6) is 0 Å². The van der Waals surface area contributed by atoms with Gasteiger partial charge in [0.2, 0.25) is 0 Å². The predicted octanol–water partition coefficient (Wildman–Crippen LogP) is -0.829. The molecule has 5 saturated heterocycles. The van der Waals surface area contributed by atoms with E-state index in [4.69, 9.17) is 4.74 Å². The average molecular weight is 400 g/mol. The first-order chi connectivity index (χ1) is 13.5. The molecule has 8 nitrogen and oxygen atoms in total. The largest absolute Gasteiger partial charge is 0.373 e. The van der Waals surface area contributed by atoms with Gasteiger partial charge >= 0.3 is 6.03 Å². The topological polar surface area (TPSA) is 89.7 Å². The molecule has 0 aromatic heterocycles. The fourth-order valence-corrected chi connectivity index (χ4v) is 5.61. The number of nitrogens with one attached hydrogen (secondary N) is 5. The molecule has 5 rings (SSSR count). The molecule has 0 radical (unpaired) electrons. The Morgan fingerprint density at radius 3 is 2.75 bits per heavy atom. The Labute approximate surface area is 163 Å². The molecular formula is C18H30F2N6O2. The number of fused-ring (bicyclic) bond motifs is 2. The van der Waals surface area contributed by atoms with Crippen molar-refractivity contribution in [2.45, 2.75) is 87.2 Å². The maximum Gasteiger partial charge on any atom is 0.320 e. The number of carbonyl (C=O) groups is 1. The van der Waals surface area contributed by atoms with Crippen LogP contribution < -0.4 is 26.6 Å². The van der Waals surface area contributed by atoms with E-state index in [2.05, 4.69) is 26.6 Å². The van der Waals surface area contributed by atoms with Crippen molar-refractivity contribution in [1.29, 1.82) is 0 Å². The van der Waals surface area contributed by atoms with Crippen LogP contribution in [-0.2, 0) is 4.74 Å². The molecule has 0 aromatic rings. The van der Waals surface area contributed by atoms with Gasteiger partial charge in [0.25, 0.3) is 0 Å². The molecule has 28 heavy (non-hydrogen) atoms. The molecule has 158 valence electrons. The van der Waals surface area contributed by atoms with Gasteiger partial charge in [0.1, 0.15) is 24.7 Å². The molecule has 0 aromatic carbocycles. The Morgan fingerprint density at radius 1 is 1.07 bits per heavy atom. The van der Waals surface area contributed by atoms with Gasteiger partial charge in [0.15, 0.2) is 0 Å². The van der Waals surface area contributed by atoms with Crippen molar-refractivity contribution in [2.24, 2.45) is 0 Å². The molecule has 5 fully saturated rings. The second-order valence-electron chi connectivity index (χ2n) is 8.74. The number of rotatable bonds is 0. The number of carbonyl (C=O) groups excluding carboxylic acids is 1. The lowest BCUT2D eigenvalue weighted by atomic mass is 9.84.